The van der Waals surface area contributed by atoms with Gasteiger partial charge >= 0.3 is 0 Å². The van der Waals surface area contributed by atoms with E-state index in [2.05, 4.69) is 53.3 Å². The summed E-state index contributed by atoms with van der Waals surface area (Å²) in [5.74, 6) is 1.93. The summed E-state index contributed by atoms with van der Waals surface area (Å²) in [6, 6.07) is 23.1. The van der Waals surface area contributed by atoms with Crippen LogP contribution in [-0.2, 0) is 12.1 Å². The van der Waals surface area contributed by atoms with Crippen molar-refractivity contribution in [3.63, 3.8) is 0 Å². The van der Waals surface area contributed by atoms with Crippen LogP contribution in [0, 0.1) is 11.8 Å². The number of thioether (sulfide) groups is 1. The molecule has 184 valence electrons. The minimum absolute atomic E-state index is 0.182. The second-order valence-corrected chi connectivity index (χ2v) is 12.4. The van der Waals surface area contributed by atoms with Crippen molar-refractivity contribution in [2.45, 2.75) is 67.2 Å². The molecule has 2 bridgehead atoms. The molecule has 7 rings (SSSR count). The topological polar surface area (TPSA) is 46.3 Å². The third-order valence-corrected chi connectivity index (χ3v) is 10.3. The average molecular weight is 490 g/mol. The Kier molecular flexibility index (Phi) is 6.50. The first-order valence-electron chi connectivity index (χ1n) is 13.5. The van der Waals surface area contributed by atoms with Gasteiger partial charge in [0, 0.05) is 23.8 Å². The lowest BCUT2D eigenvalue weighted by Crippen LogP contribution is -2.62. The maximum atomic E-state index is 12.2. The first-order valence-corrected chi connectivity index (χ1v) is 14.3. The second kappa shape index (κ2) is 9.76. The highest BCUT2D eigenvalue weighted by molar-refractivity contribution is 8.00. The van der Waals surface area contributed by atoms with Crippen LogP contribution in [0.2, 0.25) is 0 Å². The number of fused-ring (bicyclic) bond motifs is 3. The number of aromatic nitrogens is 1. The zero-order valence-electron chi connectivity index (χ0n) is 20.5. The summed E-state index contributed by atoms with van der Waals surface area (Å²) in [5, 5.41) is 17.4. The van der Waals surface area contributed by atoms with Gasteiger partial charge in [-0.3, -0.25) is 0 Å². The van der Waals surface area contributed by atoms with Gasteiger partial charge in [-0.25, -0.2) is 0 Å². The second-order valence-electron chi connectivity index (χ2n) is 11.1. The molecule has 3 aromatic rings. The molecule has 1 unspecified atom stereocenters. The fourth-order valence-corrected chi connectivity index (χ4v) is 8.47. The maximum absolute atomic E-state index is 12.2. The molecule has 0 amide bonds. The number of aliphatic hydroxyl groups is 1. The number of quaternary nitrogens is 1. The average Bonchev–Trinajstić information content (AvgIpc) is 3.39. The van der Waals surface area contributed by atoms with E-state index < -0.39 is 5.60 Å². The Balaban J connectivity index is 1.24. The zero-order valence-corrected chi connectivity index (χ0v) is 21.3. The predicted octanol–water partition coefficient (Wildman–Crippen LogP) is 6.39. The standard InChI is InChI=1S/C30H37N2O2S/c33-30(24-10-4-1-5-11-24,25-12-6-2-7-13-25)29-20-26(34-31-29)21-32-18-16-23(17-19-32)28(22-32)35-27-14-8-3-9-15-27/h1,3-5,8-11,14-15,20,23,25,28,33H,2,6-7,12-13,16-19,21-22H2/q+1/t23?,28-,30?,32?/m0/s1. The van der Waals surface area contributed by atoms with Gasteiger partial charge in [0.25, 0.3) is 0 Å². The van der Waals surface area contributed by atoms with Crippen molar-refractivity contribution >= 4 is 11.8 Å². The monoisotopic (exact) mass is 489 g/mol. The predicted molar refractivity (Wildman–Crippen MR) is 140 cm³/mol. The molecule has 1 saturated carbocycles. The number of benzene rings is 2. The molecule has 1 aliphatic carbocycles. The fourth-order valence-electron chi connectivity index (χ4n) is 6.95. The van der Waals surface area contributed by atoms with Crippen LogP contribution in [0.3, 0.4) is 0 Å². The summed E-state index contributed by atoms with van der Waals surface area (Å²) in [6.07, 6.45) is 8.26. The lowest BCUT2D eigenvalue weighted by Gasteiger charge is -2.52. The van der Waals surface area contributed by atoms with Crippen LogP contribution in [0.4, 0.5) is 0 Å². The van der Waals surface area contributed by atoms with E-state index in [1.165, 1.54) is 56.6 Å². The number of nitrogens with zero attached hydrogens (tertiary/aromatic N) is 2. The van der Waals surface area contributed by atoms with Crippen molar-refractivity contribution in [3.8, 4) is 0 Å². The smallest absolute Gasteiger partial charge is 0.191 e. The van der Waals surface area contributed by atoms with Gasteiger partial charge < -0.3 is 14.1 Å². The van der Waals surface area contributed by atoms with Gasteiger partial charge in [0.1, 0.15) is 17.8 Å². The molecule has 3 saturated heterocycles. The fraction of sp³-hybridized carbons (Fsp3) is 0.500. The Morgan fingerprint density at radius 1 is 0.914 bits per heavy atom. The van der Waals surface area contributed by atoms with Gasteiger partial charge in [0.2, 0.25) is 0 Å². The molecule has 0 radical (unpaired) electrons. The van der Waals surface area contributed by atoms with E-state index in [1.54, 1.807) is 0 Å². The summed E-state index contributed by atoms with van der Waals surface area (Å²) in [5.41, 5.74) is 0.562. The summed E-state index contributed by atoms with van der Waals surface area (Å²) in [7, 11) is 0. The molecule has 1 N–H and O–H groups in total. The summed E-state index contributed by atoms with van der Waals surface area (Å²) < 4.78 is 7.08. The molecular formula is C30H37N2O2S+. The van der Waals surface area contributed by atoms with E-state index in [9.17, 15) is 5.11 Å². The van der Waals surface area contributed by atoms with Crippen molar-refractivity contribution in [2.75, 3.05) is 19.6 Å². The van der Waals surface area contributed by atoms with Crippen LogP contribution in [0.15, 0.2) is 76.1 Å². The first-order chi connectivity index (χ1) is 17.1. The minimum Gasteiger partial charge on any atom is -0.378 e. The molecule has 0 spiro atoms. The van der Waals surface area contributed by atoms with Gasteiger partial charge in [-0.2, -0.15) is 0 Å². The molecule has 1 aromatic heterocycles. The quantitative estimate of drug-likeness (QED) is 0.391. The Bertz CT molecular complexity index is 1100. The van der Waals surface area contributed by atoms with Gasteiger partial charge in [-0.15, -0.1) is 11.8 Å². The molecular weight excluding hydrogens is 452 g/mol. The lowest BCUT2D eigenvalue weighted by atomic mass is 9.71. The Hall–Kier alpha value is -2.08. The number of rotatable bonds is 7. The molecule has 5 heteroatoms. The molecule has 4 heterocycles. The first kappa shape index (κ1) is 23.3. The van der Waals surface area contributed by atoms with E-state index in [-0.39, 0.29) is 5.92 Å². The lowest BCUT2D eigenvalue weighted by molar-refractivity contribution is -0.954. The van der Waals surface area contributed by atoms with Crippen molar-refractivity contribution in [3.05, 3.63) is 83.7 Å². The zero-order chi connectivity index (χ0) is 23.7. The highest BCUT2D eigenvalue weighted by atomic mass is 32.2. The number of hydrogen-bond acceptors (Lipinski definition) is 4. The van der Waals surface area contributed by atoms with Crippen molar-refractivity contribution in [2.24, 2.45) is 11.8 Å². The largest absolute Gasteiger partial charge is 0.378 e. The Morgan fingerprint density at radius 2 is 1.60 bits per heavy atom. The van der Waals surface area contributed by atoms with Gasteiger partial charge in [-0.1, -0.05) is 73.0 Å². The van der Waals surface area contributed by atoms with E-state index >= 15 is 0 Å². The summed E-state index contributed by atoms with van der Waals surface area (Å²) in [6.45, 7) is 4.50. The van der Waals surface area contributed by atoms with Crippen LogP contribution in [0.25, 0.3) is 0 Å². The van der Waals surface area contributed by atoms with E-state index in [0.717, 1.165) is 41.1 Å². The highest BCUT2D eigenvalue weighted by Gasteiger charge is 2.48. The normalized spacial score (nSPS) is 28.6. The highest BCUT2D eigenvalue weighted by Crippen LogP contribution is 2.45. The molecule has 35 heavy (non-hydrogen) atoms. The van der Waals surface area contributed by atoms with Gasteiger partial charge in [0.15, 0.2) is 5.76 Å². The third kappa shape index (κ3) is 4.59. The SMILES string of the molecule is OC(c1ccccc1)(c1cc(C[N+]23CCC(CC2)[C@@H](Sc2ccccc2)C3)on1)C1CCCCC1. The summed E-state index contributed by atoms with van der Waals surface area (Å²) >= 11 is 2.06. The van der Waals surface area contributed by atoms with Crippen molar-refractivity contribution in [1.29, 1.82) is 0 Å². The molecule has 4 nitrogen and oxygen atoms in total. The van der Waals surface area contributed by atoms with Crippen LogP contribution in [0.5, 0.6) is 0 Å². The van der Waals surface area contributed by atoms with Gasteiger partial charge in [0.05, 0.1) is 24.9 Å². The van der Waals surface area contributed by atoms with Crippen LogP contribution >= 0.6 is 11.8 Å². The number of hydrogen-bond donors (Lipinski definition) is 1. The minimum atomic E-state index is -1.08. The Labute approximate surface area is 213 Å². The van der Waals surface area contributed by atoms with Crippen LogP contribution in [0.1, 0.15) is 62.0 Å². The maximum Gasteiger partial charge on any atom is 0.191 e. The van der Waals surface area contributed by atoms with Crippen LogP contribution < -0.4 is 0 Å². The third-order valence-electron chi connectivity index (χ3n) is 8.92. The van der Waals surface area contributed by atoms with Crippen molar-refractivity contribution in [1.82, 2.24) is 5.16 Å². The Morgan fingerprint density at radius 3 is 2.31 bits per heavy atom. The molecule has 2 aromatic carbocycles. The molecule has 2 atom stereocenters. The van der Waals surface area contributed by atoms with Gasteiger partial charge in [-0.05, 0) is 42.4 Å². The number of piperidine rings is 3. The van der Waals surface area contributed by atoms with Crippen LogP contribution in [-0.4, -0.2) is 39.6 Å². The van der Waals surface area contributed by atoms with E-state index in [1.807, 2.05) is 30.3 Å². The molecule has 4 aliphatic rings. The van der Waals surface area contributed by atoms with Crippen molar-refractivity contribution < 1.29 is 14.1 Å². The van der Waals surface area contributed by atoms with E-state index in [0.29, 0.717) is 10.9 Å². The summed E-state index contributed by atoms with van der Waals surface area (Å²) in [4.78, 5) is 1.38. The van der Waals surface area contributed by atoms with E-state index in [4.69, 9.17) is 4.52 Å². The molecule has 3 aliphatic heterocycles. The molecule has 4 fully saturated rings.